The number of aryl methyl sites for hydroxylation is 1. The molecular weight excluding hydrogens is 345 g/mol. The molecule has 1 aliphatic rings. The van der Waals surface area contributed by atoms with Crippen LogP contribution in [0.2, 0.25) is 10.0 Å². The molecule has 1 N–H and O–H groups in total. The van der Waals surface area contributed by atoms with Crippen molar-refractivity contribution in [1.29, 1.82) is 0 Å². The molecule has 0 amide bonds. The van der Waals surface area contributed by atoms with Crippen LogP contribution in [0.15, 0.2) is 30.3 Å². The zero-order valence-electron chi connectivity index (χ0n) is 13.9. The minimum Gasteiger partial charge on any atom is -0.493 e. The van der Waals surface area contributed by atoms with Crippen molar-refractivity contribution in [3.63, 3.8) is 0 Å². The largest absolute Gasteiger partial charge is 0.493 e. The highest BCUT2D eigenvalue weighted by Gasteiger charge is 2.22. The number of halogens is 2. The van der Waals surface area contributed by atoms with Crippen molar-refractivity contribution in [2.24, 2.45) is 0 Å². The van der Waals surface area contributed by atoms with Gasteiger partial charge in [0.15, 0.2) is 11.5 Å². The Morgan fingerprint density at radius 1 is 1.08 bits per heavy atom. The molecule has 0 saturated carbocycles. The van der Waals surface area contributed by atoms with Crippen LogP contribution in [-0.2, 0) is 12.8 Å². The van der Waals surface area contributed by atoms with Crippen LogP contribution in [0.1, 0.15) is 29.2 Å². The molecule has 2 aromatic rings. The third-order valence-electron chi connectivity index (χ3n) is 4.52. The Labute approximate surface area is 152 Å². The van der Waals surface area contributed by atoms with Gasteiger partial charge in [0, 0.05) is 16.1 Å². The van der Waals surface area contributed by atoms with Gasteiger partial charge >= 0.3 is 0 Å². The van der Waals surface area contributed by atoms with Gasteiger partial charge in [0.2, 0.25) is 0 Å². The normalized spacial score (nSPS) is 16.6. The van der Waals surface area contributed by atoms with Crippen molar-refractivity contribution in [3.05, 3.63) is 57.1 Å². The van der Waals surface area contributed by atoms with Crippen molar-refractivity contribution in [2.45, 2.75) is 25.3 Å². The molecule has 0 spiro atoms. The van der Waals surface area contributed by atoms with Crippen molar-refractivity contribution in [3.8, 4) is 11.5 Å². The number of hydrogen-bond donors (Lipinski definition) is 1. The summed E-state index contributed by atoms with van der Waals surface area (Å²) in [5.41, 5.74) is 3.72. The van der Waals surface area contributed by atoms with E-state index in [2.05, 4.69) is 17.4 Å². The van der Waals surface area contributed by atoms with E-state index >= 15 is 0 Å². The summed E-state index contributed by atoms with van der Waals surface area (Å²) in [7, 11) is 3.34. The van der Waals surface area contributed by atoms with Crippen molar-refractivity contribution in [2.75, 3.05) is 20.8 Å². The lowest BCUT2D eigenvalue weighted by Crippen LogP contribution is -2.30. The topological polar surface area (TPSA) is 30.5 Å². The van der Waals surface area contributed by atoms with Gasteiger partial charge < -0.3 is 14.8 Å². The number of fused-ring (bicyclic) bond motifs is 1. The van der Waals surface area contributed by atoms with Gasteiger partial charge in [0.05, 0.1) is 14.2 Å². The van der Waals surface area contributed by atoms with Gasteiger partial charge in [-0.25, -0.2) is 0 Å². The first-order chi connectivity index (χ1) is 11.6. The zero-order chi connectivity index (χ0) is 17.1. The zero-order valence-corrected chi connectivity index (χ0v) is 15.4. The molecule has 0 fully saturated rings. The van der Waals surface area contributed by atoms with Gasteiger partial charge in [-0.05, 0) is 66.8 Å². The van der Waals surface area contributed by atoms with Crippen LogP contribution in [-0.4, -0.2) is 20.8 Å². The van der Waals surface area contributed by atoms with E-state index in [4.69, 9.17) is 32.7 Å². The Balaban J connectivity index is 1.81. The van der Waals surface area contributed by atoms with Crippen LogP contribution in [0.5, 0.6) is 11.5 Å². The van der Waals surface area contributed by atoms with E-state index in [1.165, 1.54) is 11.1 Å². The molecule has 1 aliphatic heterocycles. The van der Waals surface area contributed by atoms with Gasteiger partial charge in [-0.3, -0.25) is 0 Å². The van der Waals surface area contributed by atoms with Crippen molar-refractivity contribution in [1.82, 2.24) is 5.32 Å². The van der Waals surface area contributed by atoms with E-state index in [1.807, 2.05) is 12.1 Å². The summed E-state index contributed by atoms with van der Waals surface area (Å²) in [5, 5.41) is 5.00. The molecule has 2 aromatic carbocycles. The summed E-state index contributed by atoms with van der Waals surface area (Å²) in [4.78, 5) is 0. The number of rotatable bonds is 5. The molecule has 5 heteroatoms. The minimum absolute atomic E-state index is 0.278. The summed E-state index contributed by atoms with van der Waals surface area (Å²) < 4.78 is 10.9. The van der Waals surface area contributed by atoms with E-state index in [0.29, 0.717) is 5.02 Å². The van der Waals surface area contributed by atoms with Crippen molar-refractivity contribution < 1.29 is 9.47 Å². The quantitative estimate of drug-likeness (QED) is 0.822. The van der Waals surface area contributed by atoms with E-state index in [9.17, 15) is 0 Å². The molecule has 0 radical (unpaired) electrons. The molecule has 0 aromatic heterocycles. The van der Waals surface area contributed by atoms with Gasteiger partial charge in [-0.2, -0.15) is 0 Å². The number of benzene rings is 2. The second kappa shape index (κ2) is 7.64. The Morgan fingerprint density at radius 3 is 2.54 bits per heavy atom. The molecule has 3 rings (SSSR count). The van der Waals surface area contributed by atoms with Crippen LogP contribution < -0.4 is 14.8 Å². The molecule has 128 valence electrons. The predicted octanol–water partition coefficient (Wildman–Crippen LogP) is 4.83. The van der Waals surface area contributed by atoms with E-state index in [0.717, 1.165) is 47.9 Å². The molecule has 1 unspecified atom stereocenters. The summed E-state index contributed by atoms with van der Waals surface area (Å²) in [6, 6.07) is 10.2. The maximum absolute atomic E-state index is 6.29. The molecule has 0 aliphatic carbocycles. The van der Waals surface area contributed by atoms with E-state index in [-0.39, 0.29) is 6.04 Å². The van der Waals surface area contributed by atoms with Crippen LogP contribution in [0, 0.1) is 0 Å². The van der Waals surface area contributed by atoms with Crippen molar-refractivity contribution >= 4 is 23.2 Å². The first-order valence-corrected chi connectivity index (χ1v) is 8.80. The monoisotopic (exact) mass is 365 g/mol. The maximum atomic E-state index is 6.29. The number of ether oxygens (including phenoxy) is 2. The maximum Gasteiger partial charge on any atom is 0.161 e. The molecule has 0 bridgehead atoms. The smallest absolute Gasteiger partial charge is 0.161 e. The molecular formula is C19H21Cl2NO2. The fourth-order valence-electron chi connectivity index (χ4n) is 3.25. The van der Waals surface area contributed by atoms with Crippen LogP contribution >= 0.6 is 23.2 Å². The first kappa shape index (κ1) is 17.4. The average Bonchev–Trinajstić information content (AvgIpc) is 2.59. The van der Waals surface area contributed by atoms with Crippen LogP contribution in [0.25, 0.3) is 0 Å². The lowest BCUT2D eigenvalue weighted by Gasteiger charge is -2.28. The van der Waals surface area contributed by atoms with Gasteiger partial charge in [0.25, 0.3) is 0 Å². The third-order valence-corrected chi connectivity index (χ3v) is 5.11. The summed E-state index contributed by atoms with van der Waals surface area (Å²) >= 11 is 12.3. The second-order valence-electron chi connectivity index (χ2n) is 5.94. The highest BCUT2D eigenvalue weighted by molar-refractivity contribution is 6.35. The predicted molar refractivity (Wildman–Crippen MR) is 98.8 cm³/mol. The van der Waals surface area contributed by atoms with Gasteiger partial charge in [0.1, 0.15) is 0 Å². The van der Waals surface area contributed by atoms with Gasteiger partial charge in [-0.1, -0.05) is 29.3 Å². The standard InChI is InChI=1S/C19H21Cl2NO2/c1-23-18-9-13-7-8-22-17(15(13)11-19(18)24-2)6-4-12-3-5-14(20)10-16(12)21/h3,5,9-11,17,22H,4,6-8H2,1-2H3. The van der Waals surface area contributed by atoms with Gasteiger partial charge in [-0.15, -0.1) is 0 Å². The SMILES string of the molecule is COc1cc2c(cc1OC)C(CCc1ccc(Cl)cc1Cl)NCC2. The van der Waals surface area contributed by atoms with Crippen LogP contribution in [0.3, 0.4) is 0 Å². The lowest BCUT2D eigenvalue weighted by atomic mass is 9.90. The second-order valence-corrected chi connectivity index (χ2v) is 6.78. The first-order valence-electron chi connectivity index (χ1n) is 8.04. The highest BCUT2D eigenvalue weighted by atomic mass is 35.5. The van der Waals surface area contributed by atoms with Crippen LogP contribution in [0.4, 0.5) is 0 Å². The minimum atomic E-state index is 0.278. The number of hydrogen-bond acceptors (Lipinski definition) is 3. The Morgan fingerprint density at radius 2 is 1.83 bits per heavy atom. The highest BCUT2D eigenvalue weighted by Crippen LogP contribution is 2.36. The lowest BCUT2D eigenvalue weighted by molar-refractivity contribution is 0.351. The Hall–Kier alpha value is -1.42. The molecule has 1 atom stereocenters. The molecule has 24 heavy (non-hydrogen) atoms. The molecule has 1 heterocycles. The number of methoxy groups -OCH3 is 2. The van der Waals surface area contributed by atoms with E-state index in [1.54, 1.807) is 20.3 Å². The summed E-state index contributed by atoms with van der Waals surface area (Å²) in [6.07, 6.45) is 2.85. The Bertz CT molecular complexity index is 734. The number of nitrogens with one attached hydrogen (secondary N) is 1. The third kappa shape index (κ3) is 3.64. The average molecular weight is 366 g/mol. The Kier molecular flexibility index (Phi) is 5.54. The summed E-state index contributed by atoms with van der Waals surface area (Å²) in [6.45, 7) is 0.960. The van der Waals surface area contributed by atoms with E-state index < -0.39 is 0 Å². The molecule has 3 nitrogen and oxygen atoms in total. The fourth-order valence-corrected chi connectivity index (χ4v) is 3.75. The summed E-state index contributed by atoms with van der Waals surface area (Å²) in [5.74, 6) is 1.56. The fraction of sp³-hybridized carbons (Fsp3) is 0.368. The molecule has 0 saturated heterocycles.